The highest BCUT2D eigenvalue weighted by Crippen LogP contribution is 2.33. The second-order valence-corrected chi connectivity index (χ2v) is 7.28. The molecule has 4 aromatic heterocycles. The average molecular weight is 372 g/mol. The van der Waals surface area contributed by atoms with Crippen LogP contribution in [0.2, 0.25) is 0 Å². The predicted octanol–water partition coefficient (Wildman–Crippen LogP) is 5.44. The number of rotatable bonds is 3. The molecule has 0 saturated carbocycles. The Morgan fingerprint density at radius 2 is 1.96 bits per heavy atom. The summed E-state index contributed by atoms with van der Waals surface area (Å²) in [5.41, 5.74) is 4.12. The summed E-state index contributed by atoms with van der Waals surface area (Å²) in [7, 11) is 0. The molecule has 0 aliphatic carbocycles. The lowest BCUT2D eigenvalue weighted by Gasteiger charge is -2.13. The van der Waals surface area contributed by atoms with E-state index in [1.807, 2.05) is 31.2 Å². The molecule has 4 heterocycles. The molecule has 5 aromatic rings. The minimum Gasteiger partial charge on any atom is -0.438 e. The first-order valence-electron chi connectivity index (χ1n) is 8.61. The van der Waals surface area contributed by atoms with Crippen LogP contribution < -0.4 is 4.74 Å². The van der Waals surface area contributed by atoms with Crippen LogP contribution in [0.5, 0.6) is 11.6 Å². The van der Waals surface area contributed by atoms with E-state index in [1.54, 1.807) is 29.9 Å². The maximum absolute atomic E-state index is 6.09. The summed E-state index contributed by atoms with van der Waals surface area (Å²) in [6, 6.07) is 12.1. The SMILES string of the molecule is Cc1cc(Oc2nccc3ccsc23)ccc1-n1c(C)nc2cnccc21. The summed E-state index contributed by atoms with van der Waals surface area (Å²) in [6.45, 7) is 4.08. The Morgan fingerprint density at radius 3 is 2.85 bits per heavy atom. The summed E-state index contributed by atoms with van der Waals surface area (Å²) in [5.74, 6) is 2.35. The monoisotopic (exact) mass is 372 g/mol. The molecule has 0 radical (unpaired) electrons. The number of aromatic nitrogens is 4. The minimum absolute atomic E-state index is 0.644. The second kappa shape index (κ2) is 6.17. The van der Waals surface area contributed by atoms with E-state index in [2.05, 4.69) is 44.0 Å². The van der Waals surface area contributed by atoms with E-state index in [0.29, 0.717) is 5.88 Å². The normalized spacial score (nSPS) is 11.3. The number of thiophene rings is 1. The molecule has 0 bridgehead atoms. The molecule has 0 amide bonds. The van der Waals surface area contributed by atoms with Gasteiger partial charge >= 0.3 is 0 Å². The van der Waals surface area contributed by atoms with Gasteiger partial charge in [-0.2, -0.15) is 0 Å². The van der Waals surface area contributed by atoms with E-state index in [9.17, 15) is 0 Å². The molecule has 0 N–H and O–H groups in total. The zero-order chi connectivity index (χ0) is 18.4. The van der Waals surface area contributed by atoms with E-state index in [1.165, 1.54) is 0 Å². The van der Waals surface area contributed by atoms with Gasteiger partial charge in [0.05, 0.1) is 22.1 Å². The van der Waals surface area contributed by atoms with Crippen LogP contribution in [0.4, 0.5) is 0 Å². The highest BCUT2D eigenvalue weighted by atomic mass is 32.1. The highest BCUT2D eigenvalue weighted by Gasteiger charge is 2.13. The molecule has 0 saturated heterocycles. The van der Waals surface area contributed by atoms with Gasteiger partial charge in [0.2, 0.25) is 5.88 Å². The van der Waals surface area contributed by atoms with Crippen LogP contribution >= 0.6 is 11.3 Å². The molecule has 1 aromatic carbocycles. The molecular weight excluding hydrogens is 356 g/mol. The Morgan fingerprint density at radius 1 is 1.04 bits per heavy atom. The first kappa shape index (κ1) is 16.0. The lowest BCUT2D eigenvalue weighted by Crippen LogP contribution is -2.00. The van der Waals surface area contributed by atoms with Crippen LogP contribution in [0.15, 0.2) is 60.4 Å². The third-order valence-electron chi connectivity index (χ3n) is 4.58. The Bertz CT molecular complexity index is 1290. The zero-order valence-corrected chi connectivity index (χ0v) is 15.7. The number of hydrogen-bond acceptors (Lipinski definition) is 5. The molecule has 0 fully saturated rings. The first-order chi connectivity index (χ1) is 13.2. The molecule has 0 spiro atoms. The van der Waals surface area contributed by atoms with Crippen LogP contribution in [0, 0.1) is 13.8 Å². The van der Waals surface area contributed by atoms with Crippen molar-refractivity contribution >= 4 is 32.5 Å². The maximum Gasteiger partial charge on any atom is 0.237 e. The number of imidazole rings is 1. The van der Waals surface area contributed by atoms with Crippen LogP contribution in [0.25, 0.3) is 26.8 Å². The third-order valence-corrected chi connectivity index (χ3v) is 5.50. The number of aryl methyl sites for hydroxylation is 2. The third kappa shape index (κ3) is 2.65. The van der Waals surface area contributed by atoms with Crippen LogP contribution in [0.1, 0.15) is 11.4 Å². The van der Waals surface area contributed by atoms with Gasteiger partial charge in [-0.25, -0.2) is 9.97 Å². The lowest BCUT2D eigenvalue weighted by atomic mass is 10.2. The number of fused-ring (bicyclic) bond motifs is 2. The van der Waals surface area contributed by atoms with Crippen molar-refractivity contribution in [1.29, 1.82) is 0 Å². The fraction of sp³-hybridized carbons (Fsp3) is 0.0952. The molecule has 0 aliphatic heterocycles. The summed E-state index contributed by atoms with van der Waals surface area (Å²) >= 11 is 1.64. The van der Waals surface area contributed by atoms with Gasteiger partial charge in [0.25, 0.3) is 0 Å². The largest absolute Gasteiger partial charge is 0.438 e. The fourth-order valence-electron chi connectivity index (χ4n) is 3.35. The van der Waals surface area contributed by atoms with Gasteiger partial charge in [-0.15, -0.1) is 11.3 Å². The van der Waals surface area contributed by atoms with Crippen molar-refractivity contribution < 1.29 is 4.74 Å². The quantitative estimate of drug-likeness (QED) is 0.423. The summed E-state index contributed by atoms with van der Waals surface area (Å²) in [6.07, 6.45) is 5.36. The van der Waals surface area contributed by atoms with E-state index < -0.39 is 0 Å². The van der Waals surface area contributed by atoms with Crippen LogP contribution in [-0.4, -0.2) is 19.5 Å². The summed E-state index contributed by atoms with van der Waals surface area (Å²) in [5, 5.41) is 3.20. The van der Waals surface area contributed by atoms with Crippen molar-refractivity contribution in [3.05, 3.63) is 71.8 Å². The van der Waals surface area contributed by atoms with Crippen molar-refractivity contribution in [3.8, 4) is 17.3 Å². The van der Waals surface area contributed by atoms with Gasteiger partial charge < -0.3 is 4.74 Å². The molecule has 6 heteroatoms. The number of benzene rings is 1. The highest BCUT2D eigenvalue weighted by molar-refractivity contribution is 7.17. The van der Waals surface area contributed by atoms with E-state index in [-0.39, 0.29) is 0 Å². The molecule has 27 heavy (non-hydrogen) atoms. The van der Waals surface area contributed by atoms with Gasteiger partial charge in [-0.1, -0.05) is 0 Å². The lowest BCUT2D eigenvalue weighted by molar-refractivity contribution is 0.469. The summed E-state index contributed by atoms with van der Waals surface area (Å²) in [4.78, 5) is 13.2. The standard InChI is InChI=1S/C21H16N4OS/c1-13-11-16(26-21-20-15(5-9-23-21)7-10-27-20)3-4-18(13)25-14(2)24-17-12-22-8-6-19(17)25/h3-12H,1-2H3. The molecular formula is C21H16N4OS. The Balaban J connectivity index is 1.56. The van der Waals surface area contributed by atoms with E-state index in [0.717, 1.165) is 43.9 Å². The number of pyridine rings is 2. The minimum atomic E-state index is 0.644. The molecule has 5 nitrogen and oxygen atoms in total. The van der Waals surface area contributed by atoms with Gasteiger partial charge in [-0.05, 0) is 66.6 Å². The Kier molecular flexibility index (Phi) is 3.65. The van der Waals surface area contributed by atoms with E-state index >= 15 is 0 Å². The second-order valence-electron chi connectivity index (χ2n) is 6.36. The Labute approximate surface area is 159 Å². The predicted molar refractivity (Wildman–Crippen MR) is 108 cm³/mol. The van der Waals surface area contributed by atoms with Gasteiger partial charge in [-0.3, -0.25) is 9.55 Å². The molecule has 0 unspecified atom stereocenters. The topological polar surface area (TPSA) is 52.8 Å². The Hall–Kier alpha value is -3.25. The van der Waals surface area contributed by atoms with Crippen molar-refractivity contribution in [2.75, 3.05) is 0 Å². The molecule has 132 valence electrons. The van der Waals surface area contributed by atoms with Crippen molar-refractivity contribution in [3.63, 3.8) is 0 Å². The number of ether oxygens (including phenoxy) is 1. The van der Waals surface area contributed by atoms with E-state index in [4.69, 9.17) is 4.74 Å². The van der Waals surface area contributed by atoms with Gasteiger partial charge in [0.15, 0.2) is 0 Å². The fourth-order valence-corrected chi connectivity index (χ4v) is 4.17. The zero-order valence-electron chi connectivity index (χ0n) is 14.9. The first-order valence-corrected chi connectivity index (χ1v) is 9.49. The maximum atomic E-state index is 6.09. The molecule has 5 rings (SSSR count). The summed E-state index contributed by atoms with van der Waals surface area (Å²) < 4.78 is 9.29. The van der Waals surface area contributed by atoms with Gasteiger partial charge in [0, 0.05) is 12.4 Å². The van der Waals surface area contributed by atoms with Crippen molar-refractivity contribution in [2.24, 2.45) is 0 Å². The number of hydrogen-bond donors (Lipinski definition) is 0. The van der Waals surface area contributed by atoms with Crippen LogP contribution in [-0.2, 0) is 0 Å². The number of nitrogens with zero attached hydrogens (tertiary/aromatic N) is 4. The smallest absolute Gasteiger partial charge is 0.237 e. The van der Waals surface area contributed by atoms with Crippen LogP contribution in [0.3, 0.4) is 0 Å². The van der Waals surface area contributed by atoms with Crippen molar-refractivity contribution in [2.45, 2.75) is 13.8 Å². The molecule has 0 aliphatic rings. The van der Waals surface area contributed by atoms with Gasteiger partial charge in [0.1, 0.15) is 17.1 Å². The van der Waals surface area contributed by atoms with Crippen molar-refractivity contribution in [1.82, 2.24) is 19.5 Å². The average Bonchev–Trinajstić information content (AvgIpc) is 3.26. The molecule has 0 atom stereocenters.